The van der Waals surface area contributed by atoms with Gasteiger partial charge in [0.25, 0.3) is 0 Å². The van der Waals surface area contributed by atoms with E-state index in [1.807, 2.05) is 0 Å². The zero-order chi connectivity index (χ0) is 10.7. The predicted octanol–water partition coefficient (Wildman–Crippen LogP) is 2.44. The van der Waals surface area contributed by atoms with Gasteiger partial charge in [-0.2, -0.15) is 0 Å². The van der Waals surface area contributed by atoms with Crippen LogP contribution in [0, 0.1) is 5.92 Å². The lowest BCUT2D eigenvalue weighted by molar-refractivity contribution is 0.0692. The average molecular weight is 226 g/mol. The molecule has 0 saturated heterocycles. The van der Waals surface area contributed by atoms with Crippen molar-refractivity contribution in [1.29, 1.82) is 0 Å². The smallest absolute Gasteiger partial charge is 0.357 e. The fourth-order valence-electron chi connectivity index (χ4n) is 1.70. The highest BCUT2D eigenvalue weighted by Crippen LogP contribution is 2.29. The van der Waals surface area contributed by atoms with Gasteiger partial charge in [0.15, 0.2) is 5.69 Å². The molecule has 1 heterocycles. The van der Waals surface area contributed by atoms with Gasteiger partial charge < -0.3 is 10.4 Å². The minimum Gasteiger partial charge on any atom is -0.476 e. The van der Waals surface area contributed by atoms with E-state index >= 15 is 0 Å². The van der Waals surface area contributed by atoms with Crippen LogP contribution in [0.25, 0.3) is 0 Å². The number of nitrogens with zero attached hydrogens (tertiary/aromatic N) is 1. The number of hydrogen-bond donors (Lipinski definition) is 2. The Hall–Kier alpha value is -1.10. The second-order valence-electron chi connectivity index (χ2n) is 3.85. The summed E-state index contributed by atoms with van der Waals surface area (Å²) >= 11 is 1.35. The Kier molecular flexibility index (Phi) is 3.20. The van der Waals surface area contributed by atoms with Crippen LogP contribution in [0.15, 0.2) is 5.51 Å². The third kappa shape index (κ3) is 2.47. The summed E-state index contributed by atoms with van der Waals surface area (Å²) in [6.07, 6.45) is 5.15. The van der Waals surface area contributed by atoms with Crippen molar-refractivity contribution < 1.29 is 9.90 Å². The van der Waals surface area contributed by atoms with Gasteiger partial charge in [0.05, 0.1) is 5.51 Å². The molecule has 1 aliphatic carbocycles. The monoisotopic (exact) mass is 226 g/mol. The van der Waals surface area contributed by atoms with Crippen LogP contribution >= 0.6 is 11.3 Å². The molecule has 0 aromatic carbocycles. The predicted molar refractivity (Wildman–Crippen MR) is 59.5 cm³/mol. The lowest BCUT2D eigenvalue weighted by atomic mass is 9.83. The first-order chi connectivity index (χ1) is 7.27. The van der Waals surface area contributed by atoms with Crippen molar-refractivity contribution in [3.63, 3.8) is 0 Å². The first-order valence-corrected chi connectivity index (χ1v) is 6.06. The van der Waals surface area contributed by atoms with Gasteiger partial charge in [0.2, 0.25) is 0 Å². The number of thiazole rings is 1. The summed E-state index contributed by atoms with van der Waals surface area (Å²) in [5, 5.41) is 12.7. The minimum absolute atomic E-state index is 0.147. The number of carboxylic acid groups (broad SMARTS) is 1. The molecule has 0 spiro atoms. The van der Waals surface area contributed by atoms with Crippen molar-refractivity contribution in [2.75, 3.05) is 11.9 Å². The fraction of sp³-hybridized carbons (Fsp3) is 0.600. The van der Waals surface area contributed by atoms with Crippen LogP contribution in [0.2, 0.25) is 0 Å². The maximum absolute atomic E-state index is 10.8. The molecule has 82 valence electrons. The van der Waals surface area contributed by atoms with Crippen molar-refractivity contribution in [3.8, 4) is 0 Å². The second kappa shape index (κ2) is 4.61. The Morgan fingerprint density at radius 3 is 3.07 bits per heavy atom. The molecule has 1 aromatic heterocycles. The van der Waals surface area contributed by atoms with Crippen LogP contribution < -0.4 is 5.32 Å². The van der Waals surface area contributed by atoms with Gasteiger partial charge >= 0.3 is 5.97 Å². The van der Waals surface area contributed by atoms with Gasteiger partial charge in [0.1, 0.15) is 5.00 Å². The molecule has 4 nitrogen and oxygen atoms in total. The van der Waals surface area contributed by atoms with Gasteiger partial charge in [-0.1, -0.05) is 19.3 Å². The molecule has 2 N–H and O–H groups in total. The molecule has 5 heteroatoms. The number of hydrogen-bond acceptors (Lipinski definition) is 4. The summed E-state index contributed by atoms with van der Waals surface area (Å²) in [6.45, 7) is 0.854. The molecule has 15 heavy (non-hydrogen) atoms. The highest BCUT2D eigenvalue weighted by Gasteiger charge is 2.17. The Morgan fingerprint density at radius 2 is 2.47 bits per heavy atom. The van der Waals surface area contributed by atoms with Crippen LogP contribution in [-0.4, -0.2) is 22.6 Å². The molecule has 0 bridgehead atoms. The molecular weight excluding hydrogens is 212 g/mol. The molecule has 0 aliphatic heterocycles. The van der Waals surface area contributed by atoms with Crippen LogP contribution in [-0.2, 0) is 0 Å². The third-order valence-corrected chi connectivity index (χ3v) is 3.62. The first-order valence-electron chi connectivity index (χ1n) is 5.18. The highest BCUT2D eigenvalue weighted by molar-refractivity contribution is 7.14. The molecule has 0 unspecified atom stereocenters. The van der Waals surface area contributed by atoms with E-state index in [0.717, 1.165) is 18.9 Å². The van der Waals surface area contributed by atoms with Crippen molar-refractivity contribution in [3.05, 3.63) is 11.2 Å². The van der Waals surface area contributed by atoms with Gasteiger partial charge in [-0.15, -0.1) is 11.3 Å². The summed E-state index contributed by atoms with van der Waals surface area (Å²) < 4.78 is 0. The lowest BCUT2D eigenvalue weighted by Crippen LogP contribution is -2.16. The topological polar surface area (TPSA) is 62.2 Å². The molecule has 1 fully saturated rings. The standard InChI is InChI=1S/C10H14N2O2S/c13-10(14)8-9(15-6-12-8)11-5-4-7-2-1-3-7/h6-7,11H,1-5H2,(H,13,14). The summed E-state index contributed by atoms with van der Waals surface area (Å²) in [5.74, 6) is -0.110. The average Bonchev–Trinajstić information content (AvgIpc) is 2.57. The Morgan fingerprint density at radius 1 is 1.67 bits per heavy atom. The van der Waals surface area contributed by atoms with E-state index in [1.165, 1.54) is 30.6 Å². The zero-order valence-electron chi connectivity index (χ0n) is 8.40. The van der Waals surface area contributed by atoms with Crippen LogP contribution in [0.4, 0.5) is 5.00 Å². The number of nitrogens with one attached hydrogen (secondary N) is 1. The summed E-state index contributed by atoms with van der Waals surface area (Å²) in [4.78, 5) is 14.6. The summed E-state index contributed by atoms with van der Waals surface area (Å²) in [7, 11) is 0. The van der Waals surface area contributed by atoms with Gasteiger partial charge in [-0.05, 0) is 12.3 Å². The van der Waals surface area contributed by atoms with Crippen LogP contribution in [0.1, 0.15) is 36.2 Å². The first kappa shape index (κ1) is 10.4. The van der Waals surface area contributed by atoms with Crippen LogP contribution in [0.3, 0.4) is 0 Å². The van der Waals surface area contributed by atoms with Crippen molar-refractivity contribution in [2.45, 2.75) is 25.7 Å². The molecule has 0 radical (unpaired) electrons. The number of aromatic carboxylic acids is 1. The number of rotatable bonds is 5. The van der Waals surface area contributed by atoms with E-state index in [0.29, 0.717) is 5.00 Å². The Balaban J connectivity index is 1.81. The van der Waals surface area contributed by atoms with E-state index in [2.05, 4.69) is 10.3 Å². The molecular formula is C10H14N2O2S. The second-order valence-corrected chi connectivity index (χ2v) is 4.70. The molecule has 1 saturated carbocycles. The van der Waals surface area contributed by atoms with E-state index in [1.54, 1.807) is 5.51 Å². The molecule has 1 aromatic rings. The molecule has 0 atom stereocenters. The number of carboxylic acids is 1. The highest BCUT2D eigenvalue weighted by atomic mass is 32.1. The van der Waals surface area contributed by atoms with E-state index < -0.39 is 5.97 Å². The quantitative estimate of drug-likeness (QED) is 0.809. The lowest BCUT2D eigenvalue weighted by Gasteiger charge is -2.25. The number of aromatic nitrogens is 1. The Labute approximate surface area is 92.3 Å². The molecule has 2 rings (SSSR count). The maximum atomic E-state index is 10.8. The maximum Gasteiger partial charge on any atom is 0.357 e. The van der Waals surface area contributed by atoms with Gasteiger partial charge in [0, 0.05) is 6.54 Å². The van der Waals surface area contributed by atoms with Gasteiger partial charge in [-0.25, -0.2) is 9.78 Å². The fourth-order valence-corrected chi connectivity index (χ4v) is 2.40. The number of carbonyl (C=O) groups is 1. The number of anilines is 1. The molecule has 0 amide bonds. The van der Waals surface area contributed by atoms with Crippen molar-refractivity contribution in [1.82, 2.24) is 4.98 Å². The summed E-state index contributed by atoms with van der Waals surface area (Å²) in [6, 6.07) is 0. The zero-order valence-corrected chi connectivity index (χ0v) is 9.22. The summed E-state index contributed by atoms with van der Waals surface area (Å²) in [5.41, 5.74) is 1.71. The minimum atomic E-state index is -0.956. The van der Waals surface area contributed by atoms with Gasteiger partial charge in [-0.3, -0.25) is 0 Å². The largest absolute Gasteiger partial charge is 0.476 e. The molecule has 1 aliphatic rings. The third-order valence-electron chi connectivity index (χ3n) is 2.83. The van der Waals surface area contributed by atoms with Crippen molar-refractivity contribution >= 4 is 22.3 Å². The van der Waals surface area contributed by atoms with E-state index in [-0.39, 0.29) is 5.69 Å². The van der Waals surface area contributed by atoms with Crippen LogP contribution in [0.5, 0.6) is 0 Å². The Bertz CT molecular complexity index is 347. The normalized spacial score (nSPS) is 16.0. The van der Waals surface area contributed by atoms with E-state index in [4.69, 9.17) is 5.11 Å². The van der Waals surface area contributed by atoms with E-state index in [9.17, 15) is 4.79 Å². The van der Waals surface area contributed by atoms with Crippen molar-refractivity contribution in [2.24, 2.45) is 5.92 Å². The SMILES string of the molecule is O=C(O)c1ncsc1NCCC1CCC1.